The zero-order chi connectivity index (χ0) is 28.9. The van der Waals surface area contributed by atoms with E-state index in [-0.39, 0.29) is 35.9 Å². The minimum Gasteiger partial charge on any atom is -0.480 e. The molecule has 4 aromatic rings. The van der Waals surface area contributed by atoms with Crippen molar-refractivity contribution in [3.05, 3.63) is 129 Å². The Labute approximate surface area is 234 Å². The molecule has 0 saturated carbocycles. The largest absolute Gasteiger partial charge is 0.480 e. The highest BCUT2D eigenvalue weighted by Gasteiger charge is 2.30. The third-order valence-electron chi connectivity index (χ3n) is 6.83. The summed E-state index contributed by atoms with van der Waals surface area (Å²) in [6, 6.07) is 25.9. The van der Waals surface area contributed by atoms with Crippen LogP contribution in [-0.4, -0.2) is 40.7 Å². The van der Waals surface area contributed by atoms with Gasteiger partial charge in [-0.05, 0) is 46.0 Å². The molecule has 0 heterocycles. The number of benzene rings is 4. The molecule has 5 rings (SSSR count). The van der Waals surface area contributed by atoms with E-state index in [1.165, 1.54) is 48.5 Å². The van der Waals surface area contributed by atoms with Crippen LogP contribution >= 0.6 is 0 Å². The van der Waals surface area contributed by atoms with Gasteiger partial charge in [0.15, 0.2) is 0 Å². The molecular weight excluding hydrogens is 528 g/mol. The SMILES string of the molecule is O=C(N[C@@H](Cc1ccc(OC(=O)c2ccccc2[N+](=O)[O-])cc1)C(=O)O)OCC1c2ccccc2-c2ccccc21. The molecule has 10 heteroatoms. The Balaban J connectivity index is 1.19. The molecule has 4 aromatic carbocycles. The Morgan fingerprint density at radius 2 is 1.44 bits per heavy atom. The molecule has 0 aliphatic heterocycles. The standard InChI is InChI=1S/C31H24N2O8/c34-29(35)27(17-19-13-15-20(16-14-19)41-30(36)25-11-5-6-12-28(25)33(38)39)32-31(37)40-18-26-23-9-3-1-7-21(23)22-8-2-4-10-24(22)26/h1-16,26-27H,17-18H2,(H,32,37)(H,34,35)/t27-/m0/s1. The van der Waals surface area contributed by atoms with Crippen molar-refractivity contribution in [1.29, 1.82) is 0 Å². The van der Waals surface area contributed by atoms with E-state index in [1.807, 2.05) is 48.5 Å². The molecule has 206 valence electrons. The fourth-order valence-corrected chi connectivity index (χ4v) is 4.88. The minimum absolute atomic E-state index is 0.0475. The quantitative estimate of drug-likeness (QED) is 0.122. The van der Waals surface area contributed by atoms with Crippen molar-refractivity contribution in [3.8, 4) is 16.9 Å². The zero-order valence-electron chi connectivity index (χ0n) is 21.6. The van der Waals surface area contributed by atoms with Crippen molar-refractivity contribution in [3.63, 3.8) is 0 Å². The second-order valence-electron chi connectivity index (χ2n) is 9.37. The van der Waals surface area contributed by atoms with Gasteiger partial charge in [0.2, 0.25) is 0 Å². The number of esters is 1. The topological polar surface area (TPSA) is 145 Å². The van der Waals surface area contributed by atoms with Crippen LogP contribution in [0, 0.1) is 10.1 Å². The number of carbonyl (C=O) groups is 3. The third-order valence-corrected chi connectivity index (χ3v) is 6.83. The molecule has 1 amide bonds. The summed E-state index contributed by atoms with van der Waals surface area (Å²) in [4.78, 5) is 47.4. The van der Waals surface area contributed by atoms with Crippen LogP contribution in [0.15, 0.2) is 97.1 Å². The number of rotatable bonds is 9. The number of carbonyl (C=O) groups excluding carboxylic acids is 2. The lowest BCUT2D eigenvalue weighted by molar-refractivity contribution is -0.385. The van der Waals surface area contributed by atoms with E-state index in [0.717, 1.165) is 22.3 Å². The van der Waals surface area contributed by atoms with Crippen LogP contribution in [-0.2, 0) is 16.0 Å². The van der Waals surface area contributed by atoms with Crippen molar-refractivity contribution < 1.29 is 33.9 Å². The van der Waals surface area contributed by atoms with Gasteiger partial charge in [0.05, 0.1) is 4.92 Å². The molecule has 1 aliphatic carbocycles. The van der Waals surface area contributed by atoms with E-state index in [9.17, 15) is 29.6 Å². The van der Waals surface area contributed by atoms with Crippen molar-refractivity contribution in [2.75, 3.05) is 6.61 Å². The highest BCUT2D eigenvalue weighted by Crippen LogP contribution is 2.44. The van der Waals surface area contributed by atoms with Gasteiger partial charge < -0.3 is 19.9 Å². The number of alkyl carbamates (subject to hydrolysis) is 1. The first-order valence-corrected chi connectivity index (χ1v) is 12.7. The van der Waals surface area contributed by atoms with Gasteiger partial charge in [0.25, 0.3) is 5.69 Å². The molecule has 0 bridgehead atoms. The number of ether oxygens (including phenoxy) is 2. The molecule has 0 radical (unpaired) electrons. The Bertz CT molecular complexity index is 1590. The van der Waals surface area contributed by atoms with E-state index in [0.29, 0.717) is 5.56 Å². The van der Waals surface area contributed by atoms with E-state index in [4.69, 9.17) is 9.47 Å². The maximum Gasteiger partial charge on any atom is 0.407 e. The lowest BCUT2D eigenvalue weighted by Gasteiger charge is -2.17. The van der Waals surface area contributed by atoms with E-state index in [1.54, 1.807) is 0 Å². The summed E-state index contributed by atoms with van der Waals surface area (Å²) in [5.74, 6) is -2.19. The number of fused-ring (bicyclic) bond motifs is 3. The lowest BCUT2D eigenvalue weighted by atomic mass is 9.98. The number of nitro benzene ring substituents is 1. The van der Waals surface area contributed by atoms with Gasteiger partial charge in [-0.25, -0.2) is 14.4 Å². The predicted molar refractivity (Wildman–Crippen MR) is 148 cm³/mol. The first-order valence-electron chi connectivity index (χ1n) is 12.7. The van der Waals surface area contributed by atoms with Crippen LogP contribution in [0.1, 0.15) is 33.0 Å². The van der Waals surface area contributed by atoms with Gasteiger partial charge >= 0.3 is 18.0 Å². The summed E-state index contributed by atoms with van der Waals surface area (Å²) in [5, 5.41) is 23.3. The van der Waals surface area contributed by atoms with Crippen molar-refractivity contribution in [1.82, 2.24) is 5.32 Å². The predicted octanol–water partition coefficient (Wildman–Crippen LogP) is 5.35. The number of nitro groups is 1. The highest BCUT2D eigenvalue weighted by atomic mass is 16.6. The molecule has 0 saturated heterocycles. The number of nitrogens with one attached hydrogen (secondary N) is 1. The van der Waals surface area contributed by atoms with E-state index in [2.05, 4.69) is 5.32 Å². The fraction of sp³-hybridized carbons (Fsp3) is 0.129. The number of para-hydroxylation sites is 1. The molecule has 41 heavy (non-hydrogen) atoms. The number of hydrogen-bond donors (Lipinski definition) is 2. The second kappa shape index (κ2) is 11.7. The molecule has 0 spiro atoms. The Kier molecular flexibility index (Phi) is 7.73. The average Bonchev–Trinajstić information content (AvgIpc) is 3.30. The summed E-state index contributed by atoms with van der Waals surface area (Å²) in [6.07, 6.45) is -0.910. The van der Waals surface area contributed by atoms with Gasteiger partial charge in [-0.3, -0.25) is 10.1 Å². The van der Waals surface area contributed by atoms with E-state index < -0.39 is 29.0 Å². The second-order valence-corrected chi connectivity index (χ2v) is 9.37. The maximum atomic E-state index is 12.6. The molecular formula is C31H24N2O8. The molecule has 1 atom stereocenters. The van der Waals surface area contributed by atoms with Crippen LogP contribution in [0.5, 0.6) is 5.75 Å². The molecule has 10 nitrogen and oxygen atoms in total. The van der Waals surface area contributed by atoms with Gasteiger partial charge in [-0.2, -0.15) is 0 Å². The first-order chi connectivity index (χ1) is 19.8. The zero-order valence-corrected chi connectivity index (χ0v) is 21.6. The molecule has 1 aliphatic rings. The highest BCUT2D eigenvalue weighted by molar-refractivity contribution is 5.95. The van der Waals surface area contributed by atoms with Crippen LogP contribution in [0.3, 0.4) is 0 Å². The molecule has 2 N–H and O–H groups in total. The number of hydrogen-bond acceptors (Lipinski definition) is 7. The normalized spacial score (nSPS) is 12.5. The molecule has 0 aromatic heterocycles. The van der Waals surface area contributed by atoms with E-state index >= 15 is 0 Å². The number of carboxylic acids is 1. The number of nitrogens with zero attached hydrogens (tertiary/aromatic N) is 1. The van der Waals surface area contributed by atoms with Crippen LogP contribution < -0.4 is 10.1 Å². The number of aliphatic carboxylic acids is 1. The summed E-state index contributed by atoms with van der Waals surface area (Å²) >= 11 is 0. The summed E-state index contributed by atoms with van der Waals surface area (Å²) in [5.41, 5.74) is 4.21. The van der Waals surface area contributed by atoms with Crippen LogP contribution in [0.2, 0.25) is 0 Å². The maximum absolute atomic E-state index is 12.6. The van der Waals surface area contributed by atoms with Gasteiger partial charge in [-0.15, -0.1) is 0 Å². The smallest absolute Gasteiger partial charge is 0.407 e. The minimum atomic E-state index is -1.27. The average molecular weight is 553 g/mol. The number of amides is 1. The summed E-state index contributed by atoms with van der Waals surface area (Å²) < 4.78 is 10.7. The van der Waals surface area contributed by atoms with Crippen molar-refractivity contribution in [2.45, 2.75) is 18.4 Å². The Morgan fingerprint density at radius 3 is 2.05 bits per heavy atom. The Morgan fingerprint density at radius 1 is 0.854 bits per heavy atom. The monoisotopic (exact) mass is 552 g/mol. The van der Waals surface area contributed by atoms with Crippen LogP contribution in [0.4, 0.5) is 10.5 Å². The van der Waals surface area contributed by atoms with Crippen molar-refractivity contribution >= 4 is 23.7 Å². The number of carboxylic acid groups (broad SMARTS) is 1. The third kappa shape index (κ3) is 5.91. The lowest BCUT2D eigenvalue weighted by Crippen LogP contribution is -2.42. The van der Waals surface area contributed by atoms with Gasteiger partial charge in [0, 0.05) is 18.4 Å². The van der Waals surface area contributed by atoms with Crippen molar-refractivity contribution in [2.24, 2.45) is 0 Å². The van der Waals surface area contributed by atoms with Gasteiger partial charge in [0.1, 0.15) is 24.0 Å². The Hall–Kier alpha value is -5.51. The summed E-state index contributed by atoms with van der Waals surface area (Å²) in [6.45, 7) is 0.0475. The summed E-state index contributed by atoms with van der Waals surface area (Å²) in [7, 11) is 0. The molecule has 0 unspecified atom stereocenters. The van der Waals surface area contributed by atoms with Crippen LogP contribution in [0.25, 0.3) is 11.1 Å². The fourth-order valence-electron chi connectivity index (χ4n) is 4.88. The first kappa shape index (κ1) is 27.1. The molecule has 0 fully saturated rings. The van der Waals surface area contributed by atoms with Gasteiger partial charge in [-0.1, -0.05) is 72.8 Å².